The van der Waals surface area contributed by atoms with Crippen LogP contribution in [-0.4, -0.2) is 11.2 Å². The van der Waals surface area contributed by atoms with E-state index in [4.69, 9.17) is 0 Å². The molecule has 0 aromatic heterocycles. The molecular weight excluding hydrogens is 184 g/mol. The maximum Gasteiger partial charge on any atom is 0.0753 e. The van der Waals surface area contributed by atoms with E-state index in [-0.39, 0.29) is 6.10 Å². The van der Waals surface area contributed by atoms with Crippen molar-refractivity contribution in [2.24, 2.45) is 0 Å². The highest BCUT2D eigenvalue weighted by Gasteiger charge is 2.13. The number of aliphatic hydroxyl groups is 1. The van der Waals surface area contributed by atoms with E-state index in [9.17, 15) is 5.11 Å². The van der Waals surface area contributed by atoms with Gasteiger partial charge >= 0.3 is 0 Å². The van der Waals surface area contributed by atoms with Crippen molar-refractivity contribution in [1.29, 1.82) is 0 Å². The van der Waals surface area contributed by atoms with Gasteiger partial charge in [-0.25, -0.2) is 0 Å². The Hall–Kier alpha value is -1.08. The molecule has 0 spiro atoms. The summed E-state index contributed by atoms with van der Waals surface area (Å²) in [5.74, 6) is 0. The standard InChI is InChI=1S/C14H18O/c15-14-10-6-2-5-9-13(14)11-12-7-3-1-4-8-12/h1,3-4,7-8,11,14-15H,2,5-6,9-10H2. The lowest BCUT2D eigenvalue weighted by molar-refractivity contribution is 0.200. The maximum atomic E-state index is 9.94. The smallest absolute Gasteiger partial charge is 0.0753 e. The third-order valence-corrected chi connectivity index (χ3v) is 3.02. The van der Waals surface area contributed by atoms with E-state index in [1.54, 1.807) is 0 Å². The lowest BCUT2D eigenvalue weighted by atomic mass is 10.0. The molecule has 0 amide bonds. The molecule has 1 heteroatoms. The van der Waals surface area contributed by atoms with Gasteiger partial charge in [0.25, 0.3) is 0 Å². The second-order valence-electron chi connectivity index (χ2n) is 4.25. The first-order chi connectivity index (χ1) is 7.36. The molecule has 1 saturated carbocycles. The van der Waals surface area contributed by atoms with E-state index in [0.717, 1.165) is 19.3 Å². The summed E-state index contributed by atoms with van der Waals surface area (Å²) in [5, 5.41) is 9.94. The number of rotatable bonds is 1. The summed E-state index contributed by atoms with van der Waals surface area (Å²) < 4.78 is 0. The van der Waals surface area contributed by atoms with Crippen molar-refractivity contribution in [2.45, 2.75) is 38.2 Å². The van der Waals surface area contributed by atoms with Crippen LogP contribution in [0.3, 0.4) is 0 Å². The molecular formula is C14H18O. The molecule has 0 aliphatic heterocycles. The van der Waals surface area contributed by atoms with Gasteiger partial charge in [0.15, 0.2) is 0 Å². The van der Waals surface area contributed by atoms with Crippen LogP contribution in [0.1, 0.15) is 37.7 Å². The highest BCUT2D eigenvalue weighted by Crippen LogP contribution is 2.24. The van der Waals surface area contributed by atoms with E-state index in [1.807, 2.05) is 18.2 Å². The minimum absolute atomic E-state index is 0.215. The van der Waals surface area contributed by atoms with Crippen LogP contribution in [0.25, 0.3) is 6.08 Å². The lowest BCUT2D eigenvalue weighted by Crippen LogP contribution is -2.07. The third-order valence-electron chi connectivity index (χ3n) is 3.02. The van der Waals surface area contributed by atoms with Crippen LogP contribution in [0, 0.1) is 0 Å². The van der Waals surface area contributed by atoms with Crippen molar-refractivity contribution in [2.75, 3.05) is 0 Å². The summed E-state index contributed by atoms with van der Waals surface area (Å²) >= 11 is 0. The molecule has 2 rings (SSSR count). The summed E-state index contributed by atoms with van der Waals surface area (Å²) in [7, 11) is 0. The molecule has 0 saturated heterocycles. The molecule has 1 aromatic carbocycles. The molecule has 1 aromatic rings. The fourth-order valence-corrected chi connectivity index (χ4v) is 2.13. The summed E-state index contributed by atoms with van der Waals surface area (Å²) in [4.78, 5) is 0. The predicted octanol–water partition coefficient (Wildman–Crippen LogP) is 3.40. The van der Waals surface area contributed by atoms with Gasteiger partial charge in [0.05, 0.1) is 6.10 Å². The van der Waals surface area contributed by atoms with Gasteiger partial charge in [0.2, 0.25) is 0 Å². The molecule has 1 N–H and O–H groups in total. The zero-order valence-electron chi connectivity index (χ0n) is 9.02. The first kappa shape index (κ1) is 10.4. The SMILES string of the molecule is OC1CCCCCC1=Cc1ccccc1. The van der Waals surface area contributed by atoms with E-state index in [2.05, 4.69) is 18.2 Å². The van der Waals surface area contributed by atoms with Crippen LogP contribution in [0.15, 0.2) is 35.9 Å². The second kappa shape index (κ2) is 5.13. The minimum atomic E-state index is -0.215. The summed E-state index contributed by atoms with van der Waals surface area (Å²) in [5.41, 5.74) is 2.41. The lowest BCUT2D eigenvalue weighted by Gasteiger charge is -2.10. The Morgan fingerprint density at radius 2 is 1.87 bits per heavy atom. The first-order valence-electron chi connectivity index (χ1n) is 5.80. The average molecular weight is 202 g/mol. The molecule has 1 aliphatic carbocycles. The van der Waals surface area contributed by atoms with E-state index in [0.29, 0.717) is 0 Å². The monoisotopic (exact) mass is 202 g/mol. The van der Waals surface area contributed by atoms with Crippen LogP contribution in [0.5, 0.6) is 0 Å². The Kier molecular flexibility index (Phi) is 3.57. The van der Waals surface area contributed by atoms with Gasteiger partial charge in [-0.15, -0.1) is 0 Å². The van der Waals surface area contributed by atoms with Crippen molar-refractivity contribution < 1.29 is 5.11 Å². The zero-order chi connectivity index (χ0) is 10.5. The van der Waals surface area contributed by atoms with Crippen LogP contribution in [-0.2, 0) is 0 Å². The van der Waals surface area contributed by atoms with Gasteiger partial charge in [-0.1, -0.05) is 49.2 Å². The Bertz CT molecular complexity index is 326. The second-order valence-corrected chi connectivity index (χ2v) is 4.25. The van der Waals surface area contributed by atoms with Gasteiger partial charge in [-0.2, -0.15) is 0 Å². The quantitative estimate of drug-likeness (QED) is 0.692. The molecule has 15 heavy (non-hydrogen) atoms. The van der Waals surface area contributed by atoms with Gasteiger partial charge in [-0.05, 0) is 30.4 Å². The molecule has 0 bridgehead atoms. The van der Waals surface area contributed by atoms with Crippen molar-refractivity contribution in [3.63, 3.8) is 0 Å². The first-order valence-corrected chi connectivity index (χ1v) is 5.80. The maximum absolute atomic E-state index is 9.94. The van der Waals surface area contributed by atoms with Crippen LogP contribution >= 0.6 is 0 Å². The topological polar surface area (TPSA) is 20.2 Å². The van der Waals surface area contributed by atoms with Gasteiger partial charge in [0, 0.05) is 0 Å². The number of hydrogen-bond donors (Lipinski definition) is 1. The highest BCUT2D eigenvalue weighted by atomic mass is 16.3. The van der Waals surface area contributed by atoms with Gasteiger partial charge < -0.3 is 5.11 Å². The Morgan fingerprint density at radius 1 is 1.07 bits per heavy atom. The van der Waals surface area contributed by atoms with Gasteiger partial charge in [-0.3, -0.25) is 0 Å². The molecule has 80 valence electrons. The van der Waals surface area contributed by atoms with Crippen molar-refractivity contribution in [1.82, 2.24) is 0 Å². The Labute approximate surface area is 91.4 Å². The molecule has 1 nitrogen and oxygen atoms in total. The van der Waals surface area contributed by atoms with E-state index in [1.165, 1.54) is 24.0 Å². The largest absolute Gasteiger partial charge is 0.389 e. The average Bonchev–Trinajstić information content (AvgIpc) is 2.46. The van der Waals surface area contributed by atoms with Crippen molar-refractivity contribution in [3.8, 4) is 0 Å². The molecule has 0 radical (unpaired) electrons. The molecule has 1 atom stereocenters. The summed E-state index contributed by atoms with van der Waals surface area (Å²) in [6.07, 6.45) is 7.55. The van der Waals surface area contributed by atoms with Crippen LogP contribution < -0.4 is 0 Å². The van der Waals surface area contributed by atoms with E-state index >= 15 is 0 Å². The van der Waals surface area contributed by atoms with E-state index < -0.39 is 0 Å². The summed E-state index contributed by atoms with van der Waals surface area (Å²) in [6.45, 7) is 0. The van der Waals surface area contributed by atoms with Crippen molar-refractivity contribution in [3.05, 3.63) is 41.5 Å². The minimum Gasteiger partial charge on any atom is -0.389 e. The number of hydrogen-bond acceptors (Lipinski definition) is 1. The van der Waals surface area contributed by atoms with Gasteiger partial charge in [0.1, 0.15) is 0 Å². The number of aliphatic hydroxyl groups excluding tert-OH is 1. The zero-order valence-corrected chi connectivity index (χ0v) is 9.02. The van der Waals surface area contributed by atoms with Crippen molar-refractivity contribution >= 4 is 6.08 Å². The highest BCUT2D eigenvalue weighted by molar-refractivity contribution is 5.53. The molecule has 1 aliphatic rings. The third kappa shape index (κ3) is 2.93. The Balaban J connectivity index is 2.17. The molecule has 1 unspecified atom stereocenters. The normalized spacial score (nSPS) is 25.1. The fourth-order valence-electron chi connectivity index (χ4n) is 2.13. The van der Waals surface area contributed by atoms with Crippen LogP contribution in [0.4, 0.5) is 0 Å². The Morgan fingerprint density at radius 3 is 2.67 bits per heavy atom. The molecule has 0 heterocycles. The number of benzene rings is 1. The van der Waals surface area contributed by atoms with Crippen LogP contribution in [0.2, 0.25) is 0 Å². The predicted molar refractivity (Wildman–Crippen MR) is 63.5 cm³/mol. The summed E-state index contributed by atoms with van der Waals surface area (Å²) in [6, 6.07) is 10.3. The fraction of sp³-hybridized carbons (Fsp3) is 0.429. The molecule has 1 fully saturated rings.